The van der Waals surface area contributed by atoms with Crippen LogP contribution in [0.5, 0.6) is 11.5 Å². The molecule has 0 aromatic heterocycles. The summed E-state index contributed by atoms with van der Waals surface area (Å²) in [4.78, 5) is 14.4. The van der Waals surface area contributed by atoms with Crippen molar-refractivity contribution in [2.75, 3.05) is 13.7 Å². The van der Waals surface area contributed by atoms with Crippen LogP contribution in [-0.4, -0.2) is 41.4 Å². The molecule has 0 radical (unpaired) electrons. The first-order valence-electron chi connectivity index (χ1n) is 8.64. The molecule has 0 unspecified atom stereocenters. The van der Waals surface area contributed by atoms with Gasteiger partial charge in [0.15, 0.2) is 11.5 Å². The van der Waals surface area contributed by atoms with Gasteiger partial charge in [0, 0.05) is 18.2 Å². The van der Waals surface area contributed by atoms with Gasteiger partial charge in [0.05, 0.1) is 7.11 Å². The number of carbonyl (C=O) groups is 1. The van der Waals surface area contributed by atoms with E-state index in [9.17, 15) is 9.90 Å². The van der Waals surface area contributed by atoms with Gasteiger partial charge in [0.1, 0.15) is 5.60 Å². The molecule has 0 bridgehead atoms. The second-order valence-electron chi connectivity index (χ2n) is 7.32. The summed E-state index contributed by atoms with van der Waals surface area (Å²) < 4.78 is 10.8. The van der Waals surface area contributed by atoms with Gasteiger partial charge in [0.25, 0.3) is 0 Å². The number of hydrogen-bond donors (Lipinski definition) is 1. The Bertz CT molecular complexity index is 592. The highest BCUT2D eigenvalue weighted by Gasteiger charge is 2.31. The SMILES string of the molecule is CCCN(C(=O)OC(C)(C)C)[C@H]1CCc2c(ccc(OC)c2O)C1. The van der Waals surface area contributed by atoms with Crippen LogP contribution < -0.4 is 4.74 Å². The molecule has 1 N–H and O–H groups in total. The number of carbonyl (C=O) groups excluding carboxylic acids is 1. The number of hydrogen-bond acceptors (Lipinski definition) is 4. The fourth-order valence-corrected chi connectivity index (χ4v) is 3.21. The van der Waals surface area contributed by atoms with Crippen LogP contribution in [0, 0.1) is 0 Å². The summed E-state index contributed by atoms with van der Waals surface area (Å²) >= 11 is 0. The number of ether oxygens (including phenoxy) is 2. The second kappa shape index (κ2) is 7.32. The molecule has 24 heavy (non-hydrogen) atoms. The van der Waals surface area contributed by atoms with Crippen molar-refractivity contribution in [3.05, 3.63) is 23.3 Å². The molecule has 0 saturated carbocycles. The van der Waals surface area contributed by atoms with Crippen LogP contribution >= 0.6 is 0 Å². The minimum atomic E-state index is -0.499. The first kappa shape index (κ1) is 18.4. The summed E-state index contributed by atoms with van der Waals surface area (Å²) in [6.45, 7) is 8.39. The van der Waals surface area contributed by atoms with Gasteiger partial charge in [-0.05, 0) is 58.1 Å². The molecule has 0 heterocycles. The van der Waals surface area contributed by atoms with Gasteiger partial charge in [-0.3, -0.25) is 0 Å². The lowest BCUT2D eigenvalue weighted by Crippen LogP contribution is -2.46. The minimum Gasteiger partial charge on any atom is -0.504 e. The van der Waals surface area contributed by atoms with Crippen molar-refractivity contribution in [3.63, 3.8) is 0 Å². The Kier molecular flexibility index (Phi) is 5.62. The van der Waals surface area contributed by atoms with Gasteiger partial charge in [-0.25, -0.2) is 4.79 Å². The zero-order valence-electron chi connectivity index (χ0n) is 15.4. The number of phenolic OH excluding ortho intramolecular Hbond substituents is 1. The van der Waals surface area contributed by atoms with Crippen LogP contribution in [0.15, 0.2) is 12.1 Å². The van der Waals surface area contributed by atoms with Crippen LogP contribution in [0.3, 0.4) is 0 Å². The van der Waals surface area contributed by atoms with E-state index in [0.717, 1.165) is 36.8 Å². The molecule has 0 spiro atoms. The highest BCUT2D eigenvalue weighted by molar-refractivity contribution is 5.69. The Morgan fingerprint density at radius 1 is 1.38 bits per heavy atom. The van der Waals surface area contributed by atoms with E-state index < -0.39 is 5.60 Å². The van der Waals surface area contributed by atoms with Crippen molar-refractivity contribution in [1.29, 1.82) is 0 Å². The molecular weight excluding hydrogens is 306 g/mol. The molecule has 5 nitrogen and oxygen atoms in total. The topological polar surface area (TPSA) is 59.0 Å². The largest absolute Gasteiger partial charge is 0.504 e. The third-order valence-electron chi connectivity index (χ3n) is 4.28. The maximum absolute atomic E-state index is 12.6. The van der Waals surface area contributed by atoms with Crippen LogP contribution in [0.25, 0.3) is 0 Å². The average Bonchev–Trinajstić information content (AvgIpc) is 2.51. The van der Waals surface area contributed by atoms with Gasteiger partial charge in [0.2, 0.25) is 0 Å². The second-order valence-corrected chi connectivity index (χ2v) is 7.32. The van der Waals surface area contributed by atoms with Gasteiger partial charge < -0.3 is 19.5 Å². The number of amides is 1. The van der Waals surface area contributed by atoms with Crippen molar-refractivity contribution >= 4 is 6.09 Å². The predicted octanol–water partition coefficient (Wildman–Crippen LogP) is 3.91. The summed E-state index contributed by atoms with van der Waals surface area (Å²) in [7, 11) is 1.55. The molecule has 1 aliphatic carbocycles. The Morgan fingerprint density at radius 3 is 2.67 bits per heavy atom. The fourth-order valence-electron chi connectivity index (χ4n) is 3.21. The molecule has 0 saturated heterocycles. The smallest absolute Gasteiger partial charge is 0.410 e. The van der Waals surface area contributed by atoms with Crippen LogP contribution in [0.1, 0.15) is 51.7 Å². The van der Waals surface area contributed by atoms with Crippen molar-refractivity contribution in [1.82, 2.24) is 4.90 Å². The van der Waals surface area contributed by atoms with Crippen molar-refractivity contribution in [2.45, 2.75) is 65.0 Å². The lowest BCUT2D eigenvalue weighted by molar-refractivity contribution is 0.0146. The quantitative estimate of drug-likeness (QED) is 0.906. The molecule has 1 amide bonds. The van der Waals surface area contributed by atoms with Crippen LogP contribution in [0.2, 0.25) is 0 Å². The summed E-state index contributed by atoms with van der Waals surface area (Å²) in [5.74, 6) is 0.734. The average molecular weight is 335 g/mol. The highest BCUT2D eigenvalue weighted by Crippen LogP contribution is 2.37. The lowest BCUT2D eigenvalue weighted by atomic mass is 9.86. The van der Waals surface area contributed by atoms with E-state index in [-0.39, 0.29) is 17.9 Å². The minimum absolute atomic E-state index is 0.0973. The summed E-state index contributed by atoms with van der Waals surface area (Å²) in [5.41, 5.74) is 1.52. The maximum Gasteiger partial charge on any atom is 0.410 e. The summed E-state index contributed by atoms with van der Waals surface area (Å²) in [6.07, 6.45) is 2.90. The number of nitrogens with zero attached hydrogens (tertiary/aromatic N) is 1. The van der Waals surface area contributed by atoms with Gasteiger partial charge >= 0.3 is 6.09 Å². The van der Waals surface area contributed by atoms with Crippen LogP contribution in [0.4, 0.5) is 4.79 Å². The molecule has 134 valence electrons. The predicted molar refractivity (Wildman–Crippen MR) is 93.7 cm³/mol. The van der Waals surface area contributed by atoms with E-state index >= 15 is 0 Å². The number of fused-ring (bicyclic) bond motifs is 1. The van der Waals surface area contributed by atoms with Gasteiger partial charge in [-0.1, -0.05) is 13.0 Å². The third kappa shape index (κ3) is 4.13. The summed E-state index contributed by atoms with van der Waals surface area (Å²) in [6, 6.07) is 3.87. The standard InChI is InChI=1S/C19H29NO4/c1-6-11-20(18(22)24-19(2,3)4)14-8-9-15-13(12-14)7-10-16(23-5)17(15)21/h7,10,14,21H,6,8-9,11-12H2,1-5H3/t14-/m0/s1. The van der Waals surface area contributed by atoms with Gasteiger partial charge in [-0.2, -0.15) is 0 Å². The summed E-state index contributed by atoms with van der Waals surface area (Å²) in [5, 5.41) is 10.3. The van der Waals surface area contributed by atoms with Crippen molar-refractivity contribution < 1.29 is 19.4 Å². The van der Waals surface area contributed by atoms with E-state index in [4.69, 9.17) is 9.47 Å². The molecule has 1 aromatic rings. The van der Waals surface area contributed by atoms with E-state index in [0.29, 0.717) is 12.3 Å². The monoisotopic (exact) mass is 335 g/mol. The van der Waals surface area contributed by atoms with Crippen molar-refractivity contribution in [3.8, 4) is 11.5 Å². The Morgan fingerprint density at radius 2 is 2.08 bits per heavy atom. The molecule has 1 atom stereocenters. The van der Waals surface area contributed by atoms with E-state index in [2.05, 4.69) is 6.92 Å². The molecule has 2 rings (SSSR count). The molecule has 0 fully saturated rings. The molecule has 0 aliphatic heterocycles. The van der Waals surface area contributed by atoms with E-state index in [1.807, 2.05) is 31.7 Å². The first-order chi connectivity index (χ1) is 11.3. The number of methoxy groups -OCH3 is 1. The van der Waals surface area contributed by atoms with Crippen molar-refractivity contribution in [2.24, 2.45) is 0 Å². The zero-order valence-corrected chi connectivity index (χ0v) is 15.4. The third-order valence-corrected chi connectivity index (χ3v) is 4.28. The number of rotatable bonds is 4. The number of benzene rings is 1. The Labute approximate surface area is 144 Å². The number of aromatic hydroxyl groups is 1. The molecule has 1 aliphatic rings. The van der Waals surface area contributed by atoms with E-state index in [1.54, 1.807) is 13.2 Å². The lowest BCUT2D eigenvalue weighted by Gasteiger charge is -2.36. The Hall–Kier alpha value is -1.91. The maximum atomic E-state index is 12.6. The van der Waals surface area contributed by atoms with Gasteiger partial charge in [-0.15, -0.1) is 0 Å². The fraction of sp³-hybridized carbons (Fsp3) is 0.632. The molecule has 1 aromatic carbocycles. The van der Waals surface area contributed by atoms with Crippen LogP contribution in [-0.2, 0) is 17.6 Å². The molecular formula is C19H29NO4. The molecule has 5 heteroatoms. The highest BCUT2D eigenvalue weighted by atomic mass is 16.6. The van der Waals surface area contributed by atoms with E-state index in [1.165, 1.54) is 0 Å². The Balaban J connectivity index is 2.19. The first-order valence-corrected chi connectivity index (χ1v) is 8.64. The zero-order chi connectivity index (χ0) is 17.9. The normalized spacial score (nSPS) is 17.1. The number of phenols is 1.